The Morgan fingerprint density at radius 1 is 1.00 bits per heavy atom. The molecule has 34 heavy (non-hydrogen) atoms. The van der Waals surface area contributed by atoms with Crippen molar-refractivity contribution in [1.29, 1.82) is 0 Å². The van der Waals surface area contributed by atoms with Gasteiger partial charge in [0.1, 0.15) is 6.61 Å². The van der Waals surface area contributed by atoms with Gasteiger partial charge in [-0.15, -0.1) is 0 Å². The first-order valence-corrected chi connectivity index (χ1v) is 11.6. The first-order chi connectivity index (χ1) is 16.6. The molecule has 1 saturated heterocycles. The summed E-state index contributed by atoms with van der Waals surface area (Å²) in [5, 5.41) is 7.77. The van der Waals surface area contributed by atoms with Crippen molar-refractivity contribution in [1.82, 2.24) is 10.6 Å². The predicted octanol–water partition coefficient (Wildman–Crippen LogP) is 3.84. The minimum Gasteiger partial charge on any atom is -0.493 e. The third kappa shape index (κ3) is 6.26. The molecule has 1 atom stereocenters. The van der Waals surface area contributed by atoms with Gasteiger partial charge >= 0.3 is 0 Å². The highest BCUT2D eigenvalue weighted by atomic mass is 16.5. The van der Waals surface area contributed by atoms with Gasteiger partial charge in [-0.25, -0.2) is 0 Å². The standard InChI is InChI=1S/C27H30N2O5/c1-32-25-15-19(8-11-24(25)34-18-23-7-4-14-33-23)17-29-26(30)12-13-28-27(31)22-10-9-20-5-2-3-6-21(20)16-22/h2-3,5-6,8-11,15-16,23H,4,7,12-14,17-18H2,1H3,(H,28,31)(H,29,30). The zero-order chi connectivity index (χ0) is 23.8. The normalized spacial score (nSPS) is 15.1. The average Bonchev–Trinajstić information content (AvgIpc) is 3.39. The second-order valence-corrected chi connectivity index (χ2v) is 8.28. The van der Waals surface area contributed by atoms with Gasteiger partial charge in [0.2, 0.25) is 5.91 Å². The van der Waals surface area contributed by atoms with Crippen LogP contribution in [0, 0.1) is 0 Å². The Morgan fingerprint density at radius 2 is 1.85 bits per heavy atom. The van der Waals surface area contributed by atoms with Crippen LogP contribution in [0.2, 0.25) is 0 Å². The summed E-state index contributed by atoms with van der Waals surface area (Å²) in [5.74, 6) is 0.940. The molecule has 3 aromatic rings. The fourth-order valence-electron chi connectivity index (χ4n) is 3.91. The molecule has 0 radical (unpaired) electrons. The molecule has 2 amide bonds. The first-order valence-electron chi connectivity index (χ1n) is 11.6. The maximum atomic E-state index is 12.4. The molecule has 4 rings (SSSR count). The zero-order valence-electron chi connectivity index (χ0n) is 19.3. The number of benzene rings is 3. The quantitative estimate of drug-likeness (QED) is 0.478. The SMILES string of the molecule is COc1cc(CNC(=O)CCNC(=O)c2ccc3ccccc3c2)ccc1OCC1CCCO1. The minimum atomic E-state index is -0.193. The van der Waals surface area contributed by atoms with E-state index in [9.17, 15) is 9.59 Å². The van der Waals surface area contributed by atoms with Crippen molar-refractivity contribution in [2.75, 3.05) is 26.9 Å². The van der Waals surface area contributed by atoms with Gasteiger partial charge in [-0.3, -0.25) is 9.59 Å². The molecule has 0 aliphatic carbocycles. The Kier molecular flexibility index (Phi) is 7.99. The van der Waals surface area contributed by atoms with Crippen LogP contribution in [0.3, 0.4) is 0 Å². The summed E-state index contributed by atoms with van der Waals surface area (Å²) < 4.78 is 16.9. The second-order valence-electron chi connectivity index (χ2n) is 8.28. The van der Waals surface area contributed by atoms with Crippen LogP contribution in [0.5, 0.6) is 11.5 Å². The molecule has 3 aromatic carbocycles. The van der Waals surface area contributed by atoms with E-state index in [2.05, 4.69) is 10.6 Å². The van der Waals surface area contributed by atoms with Crippen molar-refractivity contribution in [2.45, 2.75) is 31.9 Å². The van der Waals surface area contributed by atoms with E-state index in [0.717, 1.165) is 35.8 Å². The molecule has 0 saturated carbocycles. The summed E-state index contributed by atoms with van der Waals surface area (Å²) in [6.07, 6.45) is 2.40. The topological polar surface area (TPSA) is 85.9 Å². The maximum absolute atomic E-state index is 12.4. The largest absolute Gasteiger partial charge is 0.493 e. The first kappa shape index (κ1) is 23.6. The van der Waals surface area contributed by atoms with E-state index in [0.29, 0.717) is 30.2 Å². The zero-order valence-corrected chi connectivity index (χ0v) is 19.3. The lowest BCUT2D eigenvalue weighted by atomic mass is 10.1. The Hall–Kier alpha value is -3.58. The number of ether oxygens (including phenoxy) is 3. The molecule has 1 fully saturated rings. The van der Waals surface area contributed by atoms with E-state index in [-0.39, 0.29) is 30.9 Å². The molecule has 0 bridgehead atoms. The summed E-state index contributed by atoms with van der Waals surface area (Å²) in [6, 6.07) is 19.0. The van der Waals surface area contributed by atoms with Gasteiger partial charge < -0.3 is 24.8 Å². The number of rotatable bonds is 10. The van der Waals surface area contributed by atoms with Crippen molar-refractivity contribution in [3.8, 4) is 11.5 Å². The predicted molar refractivity (Wildman–Crippen MR) is 130 cm³/mol. The minimum absolute atomic E-state index is 0.130. The average molecular weight is 463 g/mol. The Bertz CT molecular complexity index is 1140. The smallest absolute Gasteiger partial charge is 0.251 e. The van der Waals surface area contributed by atoms with E-state index >= 15 is 0 Å². The van der Waals surface area contributed by atoms with E-state index in [1.54, 1.807) is 13.2 Å². The number of nitrogens with one attached hydrogen (secondary N) is 2. The Morgan fingerprint density at radius 3 is 2.65 bits per heavy atom. The highest BCUT2D eigenvalue weighted by molar-refractivity contribution is 5.98. The molecule has 7 nitrogen and oxygen atoms in total. The third-order valence-corrected chi connectivity index (χ3v) is 5.82. The molecular weight excluding hydrogens is 432 g/mol. The molecular formula is C27H30N2O5. The van der Waals surface area contributed by atoms with Crippen molar-refractivity contribution >= 4 is 22.6 Å². The number of amides is 2. The van der Waals surface area contributed by atoms with Crippen LogP contribution in [-0.2, 0) is 16.1 Å². The summed E-state index contributed by atoms with van der Waals surface area (Å²) in [6.45, 7) is 1.91. The highest BCUT2D eigenvalue weighted by Gasteiger charge is 2.17. The molecule has 2 N–H and O–H groups in total. The lowest BCUT2D eigenvalue weighted by Crippen LogP contribution is -2.30. The van der Waals surface area contributed by atoms with Gasteiger partial charge in [-0.05, 0) is 53.4 Å². The van der Waals surface area contributed by atoms with Crippen LogP contribution in [0.25, 0.3) is 10.8 Å². The number of carbonyl (C=O) groups is 2. The van der Waals surface area contributed by atoms with Crippen LogP contribution in [-0.4, -0.2) is 44.8 Å². The van der Waals surface area contributed by atoms with Crippen molar-refractivity contribution in [3.05, 3.63) is 71.8 Å². The highest BCUT2D eigenvalue weighted by Crippen LogP contribution is 2.29. The van der Waals surface area contributed by atoms with Gasteiger partial charge in [-0.2, -0.15) is 0 Å². The van der Waals surface area contributed by atoms with E-state index in [4.69, 9.17) is 14.2 Å². The number of fused-ring (bicyclic) bond motifs is 1. The molecule has 1 aliphatic rings. The van der Waals surface area contributed by atoms with Crippen molar-refractivity contribution in [3.63, 3.8) is 0 Å². The molecule has 178 valence electrons. The Balaban J connectivity index is 1.21. The van der Waals surface area contributed by atoms with E-state index in [1.807, 2.05) is 54.6 Å². The second kappa shape index (κ2) is 11.5. The lowest BCUT2D eigenvalue weighted by Gasteiger charge is -2.15. The number of hydrogen-bond donors (Lipinski definition) is 2. The number of methoxy groups -OCH3 is 1. The molecule has 1 aliphatic heterocycles. The van der Waals surface area contributed by atoms with Gasteiger partial charge in [0.15, 0.2) is 11.5 Å². The molecule has 1 unspecified atom stereocenters. The Labute approximate surface area is 199 Å². The van der Waals surface area contributed by atoms with Crippen LogP contribution < -0.4 is 20.1 Å². The monoisotopic (exact) mass is 462 g/mol. The van der Waals surface area contributed by atoms with Crippen LogP contribution in [0.15, 0.2) is 60.7 Å². The molecule has 0 spiro atoms. The van der Waals surface area contributed by atoms with Crippen molar-refractivity contribution in [2.24, 2.45) is 0 Å². The summed E-state index contributed by atoms with van der Waals surface area (Å²) in [5.41, 5.74) is 1.47. The van der Waals surface area contributed by atoms with Gasteiger partial charge in [0.05, 0.1) is 13.2 Å². The van der Waals surface area contributed by atoms with Gasteiger partial charge in [-0.1, -0.05) is 36.4 Å². The van der Waals surface area contributed by atoms with E-state index in [1.165, 1.54) is 0 Å². The summed E-state index contributed by atoms with van der Waals surface area (Å²) in [7, 11) is 1.59. The van der Waals surface area contributed by atoms with Gasteiger partial charge in [0.25, 0.3) is 5.91 Å². The fraction of sp³-hybridized carbons (Fsp3) is 0.333. The lowest BCUT2D eigenvalue weighted by molar-refractivity contribution is -0.121. The summed E-state index contributed by atoms with van der Waals surface area (Å²) >= 11 is 0. The third-order valence-electron chi connectivity index (χ3n) is 5.82. The van der Waals surface area contributed by atoms with Crippen molar-refractivity contribution < 1.29 is 23.8 Å². The van der Waals surface area contributed by atoms with Gasteiger partial charge in [0, 0.05) is 31.7 Å². The number of hydrogen-bond acceptors (Lipinski definition) is 5. The van der Waals surface area contributed by atoms with E-state index < -0.39 is 0 Å². The van der Waals surface area contributed by atoms with Crippen LogP contribution in [0.4, 0.5) is 0 Å². The molecule has 7 heteroatoms. The number of carbonyl (C=O) groups excluding carboxylic acids is 2. The molecule has 1 heterocycles. The molecule has 0 aromatic heterocycles. The fourth-order valence-corrected chi connectivity index (χ4v) is 3.91. The summed E-state index contributed by atoms with van der Waals surface area (Å²) in [4.78, 5) is 24.7. The van der Waals surface area contributed by atoms with Crippen LogP contribution >= 0.6 is 0 Å². The van der Waals surface area contributed by atoms with Crippen LogP contribution in [0.1, 0.15) is 35.2 Å². The maximum Gasteiger partial charge on any atom is 0.251 e.